The van der Waals surface area contributed by atoms with Crippen molar-refractivity contribution in [1.29, 1.82) is 0 Å². The van der Waals surface area contributed by atoms with Gasteiger partial charge in [-0.15, -0.1) is 0 Å². The highest BCUT2D eigenvalue weighted by Crippen LogP contribution is 2.31. The highest BCUT2D eigenvalue weighted by molar-refractivity contribution is 4.88. The van der Waals surface area contributed by atoms with E-state index in [2.05, 4.69) is 51.8 Å². The van der Waals surface area contributed by atoms with Crippen molar-refractivity contribution in [1.82, 2.24) is 10.2 Å². The molecule has 1 saturated carbocycles. The van der Waals surface area contributed by atoms with Gasteiger partial charge in [0.2, 0.25) is 0 Å². The lowest BCUT2D eigenvalue weighted by Gasteiger charge is -2.41. The van der Waals surface area contributed by atoms with Crippen LogP contribution in [0.2, 0.25) is 0 Å². The van der Waals surface area contributed by atoms with Crippen molar-refractivity contribution in [3.63, 3.8) is 0 Å². The number of nitrogens with one attached hydrogen (secondary N) is 1. The van der Waals surface area contributed by atoms with E-state index in [0.29, 0.717) is 5.41 Å². The molecule has 1 fully saturated rings. The average molecular weight is 283 g/mol. The van der Waals surface area contributed by atoms with E-state index in [1.807, 2.05) is 0 Å². The maximum atomic E-state index is 3.76. The molecule has 0 radical (unpaired) electrons. The molecule has 0 aromatic carbocycles. The lowest BCUT2D eigenvalue weighted by atomic mass is 9.80. The van der Waals surface area contributed by atoms with Crippen molar-refractivity contribution in [3.8, 4) is 0 Å². The summed E-state index contributed by atoms with van der Waals surface area (Å²) in [4.78, 5) is 2.77. The van der Waals surface area contributed by atoms with Crippen LogP contribution in [-0.4, -0.2) is 36.1 Å². The molecule has 0 bridgehead atoms. The third kappa shape index (κ3) is 5.37. The van der Waals surface area contributed by atoms with Gasteiger partial charge in [0.25, 0.3) is 0 Å². The Labute approximate surface area is 127 Å². The van der Waals surface area contributed by atoms with Gasteiger partial charge in [0.1, 0.15) is 0 Å². The average Bonchev–Trinajstić information content (AvgIpc) is 2.93. The molecule has 1 aliphatic carbocycles. The molecule has 1 N–H and O–H groups in total. The van der Waals surface area contributed by atoms with E-state index in [9.17, 15) is 0 Å². The second-order valence-corrected chi connectivity index (χ2v) is 7.81. The molecule has 0 atom stereocenters. The summed E-state index contributed by atoms with van der Waals surface area (Å²) in [5.74, 6) is 0. The van der Waals surface area contributed by atoms with E-state index in [0.717, 1.165) is 12.6 Å². The summed E-state index contributed by atoms with van der Waals surface area (Å²) in [7, 11) is 0. The van der Waals surface area contributed by atoms with Crippen molar-refractivity contribution in [2.24, 2.45) is 5.41 Å². The molecule has 0 heterocycles. The Bertz CT molecular complexity index is 257. The maximum absolute atomic E-state index is 3.76. The number of hydrogen-bond acceptors (Lipinski definition) is 2. The molecule has 1 rings (SSSR count). The quantitative estimate of drug-likeness (QED) is 0.708. The third-order valence-corrected chi connectivity index (χ3v) is 5.28. The molecule has 2 nitrogen and oxygen atoms in total. The number of rotatable bonds is 8. The Morgan fingerprint density at radius 2 is 1.55 bits per heavy atom. The van der Waals surface area contributed by atoms with Gasteiger partial charge in [-0.2, -0.15) is 0 Å². The van der Waals surface area contributed by atoms with Crippen LogP contribution >= 0.6 is 0 Å². The molecule has 0 spiro atoms. The Hall–Kier alpha value is -0.0800. The second-order valence-electron chi connectivity index (χ2n) is 7.81. The summed E-state index contributed by atoms with van der Waals surface area (Å²) < 4.78 is 0. The lowest BCUT2D eigenvalue weighted by molar-refractivity contribution is 0.0981. The summed E-state index contributed by atoms with van der Waals surface area (Å²) in [5, 5.41) is 3.76. The number of hydrogen-bond donors (Lipinski definition) is 1. The van der Waals surface area contributed by atoms with Crippen LogP contribution in [0.1, 0.15) is 80.1 Å². The predicted molar refractivity (Wildman–Crippen MR) is 90.3 cm³/mol. The minimum absolute atomic E-state index is 0.222. The molecule has 0 aromatic rings. The summed E-state index contributed by atoms with van der Waals surface area (Å²) in [6.45, 7) is 17.5. The first kappa shape index (κ1) is 18.0. The molecular formula is C18H38N2. The van der Waals surface area contributed by atoms with E-state index < -0.39 is 0 Å². The van der Waals surface area contributed by atoms with Crippen LogP contribution in [0.4, 0.5) is 0 Å². The van der Waals surface area contributed by atoms with Crippen molar-refractivity contribution in [2.45, 2.75) is 91.6 Å². The van der Waals surface area contributed by atoms with E-state index >= 15 is 0 Å². The zero-order chi connectivity index (χ0) is 15.2. The molecule has 0 aliphatic heterocycles. The highest BCUT2D eigenvalue weighted by atomic mass is 15.2. The molecule has 0 unspecified atom stereocenters. The largest absolute Gasteiger partial charge is 0.311 e. The van der Waals surface area contributed by atoms with Crippen LogP contribution < -0.4 is 5.32 Å². The van der Waals surface area contributed by atoms with E-state index in [4.69, 9.17) is 0 Å². The third-order valence-electron chi connectivity index (χ3n) is 5.28. The van der Waals surface area contributed by atoms with Gasteiger partial charge < -0.3 is 10.2 Å². The fraction of sp³-hybridized carbons (Fsp3) is 1.00. The molecule has 0 saturated heterocycles. The van der Waals surface area contributed by atoms with Gasteiger partial charge in [-0.1, -0.05) is 33.6 Å². The van der Waals surface area contributed by atoms with Gasteiger partial charge in [0, 0.05) is 24.7 Å². The molecule has 1 aliphatic rings. The summed E-state index contributed by atoms with van der Waals surface area (Å²) in [6.07, 6.45) is 8.26. The van der Waals surface area contributed by atoms with Crippen LogP contribution in [0.25, 0.3) is 0 Å². The summed E-state index contributed by atoms with van der Waals surface area (Å²) in [5.41, 5.74) is 0.659. The smallest absolute Gasteiger partial charge is 0.00967 e. The normalized spacial score (nSPS) is 18.1. The Morgan fingerprint density at radius 3 is 1.95 bits per heavy atom. The molecule has 2 heteroatoms. The maximum Gasteiger partial charge on any atom is 0.00967 e. The lowest BCUT2D eigenvalue weighted by Crippen LogP contribution is -2.50. The van der Waals surface area contributed by atoms with Gasteiger partial charge in [-0.05, 0) is 58.4 Å². The van der Waals surface area contributed by atoms with E-state index in [-0.39, 0.29) is 5.54 Å². The molecule has 20 heavy (non-hydrogen) atoms. The van der Waals surface area contributed by atoms with Crippen LogP contribution in [0.15, 0.2) is 0 Å². The van der Waals surface area contributed by atoms with Gasteiger partial charge in [-0.3, -0.25) is 0 Å². The van der Waals surface area contributed by atoms with Crippen molar-refractivity contribution >= 4 is 0 Å². The van der Waals surface area contributed by atoms with Gasteiger partial charge in [0.15, 0.2) is 0 Å². The van der Waals surface area contributed by atoms with Crippen LogP contribution in [0.3, 0.4) is 0 Å². The van der Waals surface area contributed by atoms with Crippen LogP contribution in [-0.2, 0) is 0 Å². The molecule has 0 amide bonds. The topological polar surface area (TPSA) is 15.3 Å². The van der Waals surface area contributed by atoms with E-state index in [1.165, 1.54) is 51.6 Å². The second kappa shape index (κ2) is 7.79. The SMILES string of the molecule is CCN(CC(CC)(CC)CNC(C)(C)C)C1CCCC1. The minimum atomic E-state index is 0.222. The fourth-order valence-electron chi connectivity index (χ4n) is 3.43. The Balaban J connectivity index is 2.67. The van der Waals surface area contributed by atoms with Crippen molar-refractivity contribution < 1.29 is 0 Å². The zero-order valence-electron chi connectivity index (χ0n) is 14.9. The Kier molecular flexibility index (Phi) is 7.00. The molecule has 0 aromatic heterocycles. The molecule has 120 valence electrons. The standard InChI is InChI=1S/C18H38N2/c1-7-18(8-2,14-19-17(4,5)6)15-20(9-3)16-12-10-11-13-16/h16,19H,7-15H2,1-6H3. The first-order chi connectivity index (χ1) is 9.36. The van der Waals surface area contributed by atoms with Crippen LogP contribution in [0.5, 0.6) is 0 Å². The van der Waals surface area contributed by atoms with Gasteiger partial charge in [-0.25, -0.2) is 0 Å². The molecular weight excluding hydrogens is 244 g/mol. The number of nitrogens with zero attached hydrogens (tertiary/aromatic N) is 1. The van der Waals surface area contributed by atoms with Crippen LogP contribution in [0, 0.1) is 5.41 Å². The van der Waals surface area contributed by atoms with Gasteiger partial charge in [0.05, 0.1) is 0 Å². The summed E-state index contributed by atoms with van der Waals surface area (Å²) in [6, 6.07) is 0.854. The summed E-state index contributed by atoms with van der Waals surface area (Å²) >= 11 is 0. The monoisotopic (exact) mass is 282 g/mol. The first-order valence-corrected chi connectivity index (χ1v) is 8.85. The van der Waals surface area contributed by atoms with E-state index in [1.54, 1.807) is 0 Å². The van der Waals surface area contributed by atoms with Gasteiger partial charge >= 0.3 is 0 Å². The minimum Gasteiger partial charge on any atom is -0.311 e. The van der Waals surface area contributed by atoms with Crippen molar-refractivity contribution in [2.75, 3.05) is 19.6 Å². The fourth-order valence-corrected chi connectivity index (χ4v) is 3.43. The zero-order valence-corrected chi connectivity index (χ0v) is 14.9. The Morgan fingerprint density at radius 1 is 1.00 bits per heavy atom. The first-order valence-electron chi connectivity index (χ1n) is 8.85. The highest BCUT2D eigenvalue weighted by Gasteiger charge is 2.32. The predicted octanol–water partition coefficient (Wildman–Crippen LogP) is 4.45. The van der Waals surface area contributed by atoms with Crippen molar-refractivity contribution in [3.05, 3.63) is 0 Å².